The van der Waals surface area contributed by atoms with Gasteiger partial charge in [0.2, 0.25) is 5.91 Å². The van der Waals surface area contributed by atoms with Crippen molar-refractivity contribution < 1.29 is 19.1 Å². The van der Waals surface area contributed by atoms with E-state index < -0.39 is 6.04 Å². The van der Waals surface area contributed by atoms with Gasteiger partial charge >= 0.3 is 0 Å². The molecule has 0 fully saturated rings. The van der Waals surface area contributed by atoms with Gasteiger partial charge in [-0.05, 0) is 63.8 Å². The fraction of sp³-hybridized carbons (Fsp3) is 0.333. The summed E-state index contributed by atoms with van der Waals surface area (Å²) in [4.78, 5) is 27.6. The summed E-state index contributed by atoms with van der Waals surface area (Å²) in [6.07, 6.45) is 1.87. The molecule has 0 bridgehead atoms. The Balaban J connectivity index is 1.77. The Morgan fingerprint density at radius 2 is 1.88 bits per heavy atom. The van der Waals surface area contributed by atoms with Crippen molar-refractivity contribution in [1.29, 1.82) is 0 Å². The van der Waals surface area contributed by atoms with Crippen LogP contribution in [0.2, 0.25) is 0 Å². The van der Waals surface area contributed by atoms with Gasteiger partial charge in [-0.25, -0.2) is 0 Å². The SMILES string of the molecule is CCCCNC(=O)[C@H](C)N(Cc1cccc(OC)c1)C(=O)COc1ccc2ccccc2c1Br. The molecule has 0 aliphatic carbocycles. The predicted octanol–water partition coefficient (Wildman–Crippen LogP) is 5.32. The van der Waals surface area contributed by atoms with E-state index in [2.05, 4.69) is 28.2 Å². The van der Waals surface area contributed by atoms with Crippen molar-refractivity contribution in [3.05, 3.63) is 70.7 Å². The number of rotatable bonds is 11. The Morgan fingerprint density at radius 3 is 2.65 bits per heavy atom. The van der Waals surface area contributed by atoms with Gasteiger partial charge in [0.05, 0.1) is 11.6 Å². The van der Waals surface area contributed by atoms with E-state index in [0.29, 0.717) is 18.0 Å². The minimum absolute atomic E-state index is 0.184. The minimum atomic E-state index is -0.654. The van der Waals surface area contributed by atoms with E-state index in [-0.39, 0.29) is 25.0 Å². The lowest BCUT2D eigenvalue weighted by Crippen LogP contribution is -2.49. The first-order valence-corrected chi connectivity index (χ1v) is 12.2. The monoisotopic (exact) mass is 526 g/mol. The highest BCUT2D eigenvalue weighted by Gasteiger charge is 2.26. The van der Waals surface area contributed by atoms with Crippen LogP contribution in [0.1, 0.15) is 32.3 Å². The molecule has 3 aromatic carbocycles. The molecule has 0 unspecified atom stereocenters. The predicted molar refractivity (Wildman–Crippen MR) is 138 cm³/mol. The molecule has 3 rings (SSSR count). The highest BCUT2D eigenvalue weighted by atomic mass is 79.9. The van der Waals surface area contributed by atoms with Gasteiger partial charge in [0.25, 0.3) is 5.91 Å². The molecule has 0 aliphatic rings. The highest BCUT2D eigenvalue weighted by molar-refractivity contribution is 9.10. The third-order valence-corrected chi connectivity index (χ3v) is 6.48. The van der Waals surface area contributed by atoms with E-state index in [1.807, 2.05) is 60.7 Å². The number of halogens is 1. The normalized spacial score (nSPS) is 11.6. The molecule has 1 N–H and O–H groups in total. The van der Waals surface area contributed by atoms with Gasteiger partial charge in [-0.2, -0.15) is 0 Å². The number of nitrogens with zero attached hydrogens (tertiary/aromatic N) is 1. The molecular weight excluding hydrogens is 496 g/mol. The molecule has 0 aromatic heterocycles. The third-order valence-electron chi connectivity index (χ3n) is 5.66. The number of carbonyl (C=O) groups excluding carboxylic acids is 2. The second-order valence-electron chi connectivity index (χ2n) is 8.08. The van der Waals surface area contributed by atoms with Crippen LogP contribution in [0.3, 0.4) is 0 Å². The largest absolute Gasteiger partial charge is 0.497 e. The molecule has 6 nitrogen and oxygen atoms in total. The van der Waals surface area contributed by atoms with Crippen LogP contribution in [0.4, 0.5) is 0 Å². The average Bonchev–Trinajstić information content (AvgIpc) is 2.86. The van der Waals surface area contributed by atoms with Crippen LogP contribution >= 0.6 is 15.9 Å². The number of hydrogen-bond donors (Lipinski definition) is 1. The molecule has 1 atom stereocenters. The maximum absolute atomic E-state index is 13.3. The summed E-state index contributed by atoms with van der Waals surface area (Å²) in [5, 5.41) is 5.00. The zero-order chi connectivity index (χ0) is 24.5. The summed E-state index contributed by atoms with van der Waals surface area (Å²) < 4.78 is 12.0. The number of methoxy groups -OCH3 is 1. The topological polar surface area (TPSA) is 67.9 Å². The molecule has 3 aromatic rings. The van der Waals surface area contributed by atoms with E-state index in [4.69, 9.17) is 9.47 Å². The van der Waals surface area contributed by atoms with Crippen molar-refractivity contribution >= 4 is 38.5 Å². The van der Waals surface area contributed by atoms with Crippen LogP contribution in [-0.4, -0.2) is 43.0 Å². The Labute approximate surface area is 209 Å². The summed E-state index contributed by atoms with van der Waals surface area (Å²) >= 11 is 3.60. The molecule has 0 saturated heterocycles. The Kier molecular flexibility index (Phi) is 9.33. The van der Waals surface area contributed by atoms with Gasteiger partial charge in [-0.1, -0.05) is 55.8 Å². The number of hydrogen-bond acceptors (Lipinski definition) is 4. The number of unbranched alkanes of at least 4 members (excludes halogenated alkanes) is 1. The summed E-state index contributed by atoms with van der Waals surface area (Å²) in [7, 11) is 1.60. The number of carbonyl (C=O) groups is 2. The molecule has 180 valence electrons. The van der Waals surface area contributed by atoms with Gasteiger partial charge in [0.1, 0.15) is 17.5 Å². The Morgan fingerprint density at radius 1 is 1.09 bits per heavy atom. The molecule has 0 heterocycles. The maximum Gasteiger partial charge on any atom is 0.261 e. The lowest BCUT2D eigenvalue weighted by molar-refractivity contribution is -0.142. The quantitative estimate of drug-likeness (QED) is 0.343. The lowest BCUT2D eigenvalue weighted by atomic mass is 10.1. The molecule has 7 heteroatoms. The minimum Gasteiger partial charge on any atom is -0.497 e. The van der Waals surface area contributed by atoms with Crippen LogP contribution in [0.5, 0.6) is 11.5 Å². The van der Waals surface area contributed by atoms with Crippen molar-refractivity contribution in [3.8, 4) is 11.5 Å². The summed E-state index contributed by atoms with van der Waals surface area (Å²) in [5.74, 6) is 0.812. The van der Waals surface area contributed by atoms with Gasteiger partial charge in [-0.3, -0.25) is 9.59 Å². The van der Waals surface area contributed by atoms with Crippen molar-refractivity contribution in [3.63, 3.8) is 0 Å². The third kappa shape index (κ3) is 6.50. The zero-order valence-electron chi connectivity index (χ0n) is 19.8. The molecule has 0 spiro atoms. The fourth-order valence-electron chi connectivity index (χ4n) is 3.63. The van der Waals surface area contributed by atoms with Crippen LogP contribution in [0, 0.1) is 0 Å². The molecule has 0 saturated carbocycles. The summed E-state index contributed by atoms with van der Waals surface area (Å²) in [5.41, 5.74) is 0.868. The van der Waals surface area contributed by atoms with Crippen LogP contribution < -0.4 is 14.8 Å². The van der Waals surface area contributed by atoms with Gasteiger partial charge < -0.3 is 19.7 Å². The number of ether oxygens (including phenoxy) is 2. The van der Waals surface area contributed by atoms with Crippen LogP contribution in [-0.2, 0) is 16.1 Å². The average molecular weight is 527 g/mol. The standard InChI is InChI=1S/C27H31BrN2O4/c1-4-5-15-29-27(32)19(2)30(17-20-9-8-11-22(16-20)33-3)25(31)18-34-24-14-13-21-10-6-7-12-23(21)26(24)28/h6-14,16,19H,4-5,15,17-18H2,1-3H3,(H,29,32)/t19-/m0/s1. The molecular formula is C27H31BrN2O4. The molecule has 2 amide bonds. The van der Waals surface area contributed by atoms with Crippen molar-refractivity contribution in [2.45, 2.75) is 39.3 Å². The molecule has 0 radical (unpaired) electrons. The van der Waals surface area contributed by atoms with E-state index in [1.165, 1.54) is 0 Å². The fourth-order valence-corrected chi connectivity index (χ4v) is 4.24. The van der Waals surface area contributed by atoms with E-state index in [0.717, 1.165) is 33.7 Å². The maximum atomic E-state index is 13.3. The number of benzene rings is 3. The van der Waals surface area contributed by atoms with Crippen LogP contribution in [0.25, 0.3) is 10.8 Å². The summed E-state index contributed by atoms with van der Waals surface area (Å²) in [6.45, 7) is 4.47. The van der Waals surface area contributed by atoms with Crippen molar-refractivity contribution in [2.24, 2.45) is 0 Å². The molecule has 34 heavy (non-hydrogen) atoms. The number of amides is 2. The highest BCUT2D eigenvalue weighted by Crippen LogP contribution is 2.33. The Bertz CT molecular complexity index is 1130. The first-order valence-electron chi connectivity index (χ1n) is 11.4. The van der Waals surface area contributed by atoms with Crippen molar-refractivity contribution in [2.75, 3.05) is 20.3 Å². The first-order chi connectivity index (χ1) is 16.4. The first kappa shape index (κ1) is 25.6. The van der Waals surface area contributed by atoms with E-state index in [1.54, 1.807) is 18.9 Å². The van der Waals surface area contributed by atoms with Gasteiger partial charge in [-0.15, -0.1) is 0 Å². The zero-order valence-corrected chi connectivity index (χ0v) is 21.4. The van der Waals surface area contributed by atoms with Gasteiger partial charge in [0.15, 0.2) is 6.61 Å². The lowest BCUT2D eigenvalue weighted by Gasteiger charge is -2.29. The summed E-state index contributed by atoms with van der Waals surface area (Å²) in [6, 6.07) is 18.6. The molecule has 0 aliphatic heterocycles. The second kappa shape index (κ2) is 12.4. The number of fused-ring (bicyclic) bond motifs is 1. The van der Waals surface area contributed by atoms with E-state index >= 15 is 0 Å². The van der Waals surface area contributed by atoms with Crippen molar-refractivity contribution in [1.82, 2.24) is 10.2 Å². The smallest absolute Gasteiger partial charge is 0.261 e. The van der Waals surface area contributed by atoms with Crippen LogP contribution in [0.15, 0.2) is 65.1 Å². The van der Waals surface area contributed by atoms with Gasteiger partial charge in [0, 0.05) is 13.1 Å². The number of nitrogens with one attached hydrogen (secondary N) is 1. The van der Waals surface area contributed by atoms with E-state index in [9.17, 15) is 9.59 Å². The second-order valence-corrected chi connectivity index (χ2v) is 8.87. The Hall–Kier alpha value is -3.06.